The zero-order valence-corrected chi connectivity index (χ0v) is 27.9. The summed E-state index contributed by atoms with van der Waals surface area (Å²) in [5.74, 6) is 0.682. The average molecular weight is 646 g/mol. The molecule has 246 valence electrons. The molecular formula is C44H43N3O2. The van der Waals surface area contributed by atoms with Gasteiger partial charge in [-0.3, -0.25) is 4.99 Å². The first-order valence-electron chi connectivity index (χ1n) is 16.8. The highest BCUT2D eigenvalue weighted by Crippen LogP contribution is 2.41. The number of hydrogen-bond acceptors (Lipinski definition) is 3. The lowest BCUT2D eigenvalue weighted by Crippen LogP contribution is -2.43. The first-order valence-corrected chi connectivity index (χ1v) is 16.8. The summed E-state index contributed by atoms with van der Waals surface area (Å²) in [6.07, 6.45) is 0. The highest BCUT2D eigenvalue weighted by molar-refractivity contribution is 5.79. The van der Waals surface area contributed by atoms with Gasteiger partial charge in [0.05, 0.1) is 13.2 Å². The van der Waals surface area contributed by atoms with E-state index in [0.29, 0.717) is 32.3 Å². The maximum atomic E-state index is 6.93. The molecule has 6 aromatic rings. The van der Waals surface area contributed by atoms with Gasteiger partial charge in [0.25, 0.3) is 0 Å². The van der Waals surface area contributed by atoms with Crippen LogP contribution in [-0.4, -0.2) is 39.3 Å². The molecule has 0 saturated heterocycles. The number of nitrogens with one attached hydrogen (secondary N) is 2. The number of aliphatic imine (C=N–C) groups is 1. The standard InChI is InChI=1S/C44H43N3O2/c1-45-42(46-32-34-48-43(36-20-8-2-9-21-36,37-22-10-3-11-23-37)38-24-12-4-13-25-38)47-33-35-49-44(39-26-14-5-15-27-39,40-28-16-6-17-29-40)41-30-18-7-19-31-41/h2-31H,32-35H2,1H3,(H2,45,46,47). The molecule has 0 aromatic heterocycles. The van der Waals surface area contributed by atoms with Crippen LogP contribution in [0.15, 0.2) is 187 Å². The van der Waals surface area contributed by atoms with Gasteiger partial charge in [0, 0.05) is 20.1 Å². The van der Waals surface area contributed by atoms with Crippen LogP contribution in [0.4, 0.5) is 0 Å². The molecule has 2 N–H and O–H groups in total. The van der Waals surface area contributed by atoms with Crippen LogP contribution in [-0.2, 0) is 20.7 Å². The third kappa shape index (κ3) is 7.49. The topological polar surface area (TPSA) is 54.9 Å². The Bertz CT molecular complexity index is 1520. The van der Waals surface area contributed by atoms with E-state index < -0.39 is 11.2 Å². The van der Waals surface area contributed by atoms with Gasteiger partial charge in [0.15, 0.2) is 5.96 Å². The van der Waals surface area contributed by atoms with Crippen LogP contribution in [0.3, 0.4) is 0 Å². The van der Waals surface area contributed by atoms with E-state index in [1.165, 1.54) is 0 Å². The molecule has 5 nitrogen and oxygen atoms in total. The largest absolute Gasteiger partial charge is 0.359 e. The van der Waals surface area contributed by atoms with Crippen LogP contribution in [0.1, 0.15) is 33.4 Å². The van der Waals surface area contributed by atoms with Gasteiger partial charge in [0.2, 0.25) is 0 Å². The van der Waals surface area contributed by atoms with Crippen molar-refractivity contribution in [2.75, 3.05) is 33.4 Å². The molecule has 6 aromatic carbocycles. The number of hydrogen-bond donors (Lipinski definition) is 2. The van der Waals surface area contributed by atoms with Crippen molar-refractivity contribution in [1.29, 1.82) is 0 Å². The van der Waals surface area contributed by atoms with Crippen molar-refractivity contribution >= 4 is 5.96 Å². The Morgan fingerprint density at radius 2 is 0.633 bits per heavy atom. The molecule has 0 saturated carbocycles. The monoisotopic (exact) mass is 645 g/mol. The summed E-state index contributed by atoms with van der Waals surface area (Å²) in [4.78, 5) is 4.49. The third-order valence-corrected chi connectivity index (χ3v) is 8.73. The quantitative estimate of drug-likeness (QED) is 0.0543. The molecule has 0 aliphatic heterocycles. The lowest BCUT2D eigenvalue weighted by Gasteiger charge is -2.36. The van der Waals surface area contributed by atoms with Gasteiger partial charge in [-0.2, -0.15) is 0 Å². The molecule has 0 bridgehead atoms. The zero-order chi connectivity index (χ0) is 33.6. The lowest BCUT2D eigenvalue weighted by atomic mass is 9.80. The van der Waals surface area contributed by atoms with Crippen LogP contribution in [0, 0.1) is 0 Å². The Morgan fingerprint density at radius 3 is 0.837 bits per heavy atom. The summed E-state index contributed by atoms with van der Waals surface area (Å²) >= 11 is 0. The molecular weight excluding hydrogens is 603 g/mol. The summed E-state index contributed by atoms with van der Waals surface area (Å²) in [7, 11) is 1.78. The molecule has 0 unspecified atom stereocenters. The molecule has 0 heterocycles. The second-order valence-electron chi connectivity index (χ2n) is 11.7. The highest BCUT2D eigenvalue weighted by atomic mass is 16.5. The number of nitrogens with zero attached hydrogens (tertiary/aromatic N) is 1. The number of ether oxygens (including phenoxy) is 2. The lowest BCUT2D eigenvalue weighted by molar-refractivity contribution is 0.0152. The van der Waals surface area contributed by atoms with Crippen LogP contribution in [0.25, 0.3) is 0 Å². The maximum Gasteiger partial charge on any atom is 0.191 e. The molecule has 0 aliphatic rings. The molecule has 6 rings (SSSR count). The van der Waals surface area contributed by atoms with Crippen LogP contribution in [0.5, 0.6) is 0 Å². The van der Waals surface area contributed by atoms with Crippen LogP contribution in [0.2, 0.25) is 0 Å². The van der Waals surface area contributed by atoms with Crippen molar-refractivity contribution in [2.45, 2.75) is 11.2 Å². The van der Waals surface area contributed by atoms with Crippen molar-refractivity contribution in [3.63, 3.8) is 0 Å². The number of rotatable bonds is 14. The van der Waals surface area contributed by atoms with Crippen LogP contribution >= 0.6 is 0 Å². The molecule has 0 atom stereocenters. The minimum Gasteiger partial charge on any atom is -0.359 e. The fourth-order valence-electron chi connectivity index (χ4n) is 6.50. The molecule has 0 spiro atoms. The fraction of sp³-hybridized carbons (Fsp3) is 0.159. The zero-order valence-electron chi connectivity index (χ0n) is 27.9. The van der Waals surface area contributed by atoms with Gasteiger partial charge in [-0.1, -0.05) is 182 Å². The Balaban J connectivity index is 1.15. The summed E-state index contributed by atoms with van der Waals surface area (Å²) in [5.41, 5.74) is 4.90. The Labute approximate surface area is 290 Å². The molecule has 0 amide bonds. The minimum atomic E-state index is -0.772. The van der Waals surface area contributed by atoms with Crippen molar-refractivity contribution < 1.29 is 9.47 Å². The Morgan fingerprint density at radius 1 is 0.408 bits per heavy atom. The normalized spacial score (nSPS) is 11.4. The Kier molecular flexibility index (Phi) is 11.3. The second-order valence-corrected chi connectivity index (χ2v) is 11.7. The first-order chi connectivity index (χ1) is 24.3. The van der Waals surface area contributed by atoms with Crippen LogP contribution < -0.4 is 10.6 Å². The van der Waals surface area contributed by atoms with Crippen molar-refractivity contribution in [2.24, 2.45) is 4.99 Å². The number of guanidine groups is 1. The van der Waals surface area contributed by atoms with Crippen molar-refractivity contribution in [3.8, 4) is 0 Å². The van der Waals surface area contributed by atoms with Gasteiger partial charge < -0.3 is 20.1 Å². The first kappa shape index (κ1) is 33.4. The van der Waals surface area contributed by atoms with E-state index in [1.807, 2.05) is 36.4 Å². The summed E-state index contributed by atoms with van der Waals surface area (Å²) in [6.45, 7) is 1.98. The van der Waals surface area contributed by atoms with Gasteiger partial charge in [-0.25, -0.2) is 0 Å². The van der Waals surface area contributed by atoms with Gasteiger partial charge in [-0.05, 0) is 33.4 Å². The van der Waals surface area contributed by atoms with E-state index in [4.69, 9.17) is 9.47 Å². The average Bonchev–Trinajstić information content (AvgIpc) is 3.19. The highest BCUT2D eigenvalue weighted by Gasteiger charge is 2.38. The predicted octanol–water partition coefficient (Wildman–Crippen LogP) is 8.17. The Hall–Kier alpha value is -5.49. The summed E-state index contributed by atoms with van der Waals surface area (Å²) in [5, 5.41) is 6.89. The van der Waals surface area contributed by atoms with Gasteiger partial charge >= 0.3 is 0 Å². The van der Waals surface area contributed by atoms with Crippen molar-refractivity contribution in [1.82, 2.24) is 10.6 Å². The molecule has 0 fully saturated rings. The molecule has 0 radical (unpaired) electrons. The van der Waals surface area contributed by atoms with Crippen molar-refractivity contribution in [3.05, 3.63) is 215 Å². The van der Waals surface area contributed by atoms with E-state index in [2.05, 4.69) is 161 Å². The van der Waals surface area contributed by atoms with Gasteiger partial charge in [-0.15, -0.1) is 0 Å². The minimum absolute atomic E-state index is 0.439. The second kappa shape index (κ2) is 16.6. The number of benzene rings is 6. The molecule has 49 heavy (non-hydrogen) atoms. The smallest absolute Gasteiger partial charge is 0.191 e. The van der Waals surface area contributed by atoms with E-state index in [1.54, 1.807) is 7.05 Å². The van der Waals surface area contributed by atoms with E-state index in [0.717, 1.165) is 33.4 Å². The summed E-state index contributed by atoms with van der Waals surface area (Å²) in [6, 6.07) is 62.6. The third-order valence-electron chi connectivity index (χ3n) is 8.73. The van der Waals surface area contributed by atoms with E-state index >= 15 is 0 Å². The molecule has 5 heteroatoms. The summed E-state index contributed by atoms with van der Waals surface area (Å²) < 4.78 is 13.9. The fourth-order valence-corrected chi connectivity index (χ4v) is 6.50. The van der Waals surface area contributed by atoms with Gasteiger partial charge in [0.1, 0.15) is 11.2 Å². The van der Waals surface area contributed by atoms with E-state index in [-0.39, 0.29) is 0 Å². The maximum absolute atomic E-state index is 6.93. The predicted molar refractivity (Wildman–Crippen MR) is 200 cm³/mol. The van der Waals surface area contributed by atoms with E-state index in [9.17, 15) is 0 Å². The molecule has 0 aliphatic carbocycles. The SMILES string of the molecule is CN=C(NCCOC(c1ccccc1)(c1ccccc1)c1ccccc1)NCCOC(c1ccccc1)(c1ccccc1)c1ccccc1.